The summed E-state index contributed by atoms with van der Waals surface area (Å²) in [4.78, 5) is 15.5. The number of rotatable bonds is 3. The standard InChI is InChI=1S/C30H29N2O.ClHO4/c1-30(2)20-28(33)25-19-22-10-8-9-13-27(22)32(24-11-6-5-7-12-24)29(25)26(30)18-21-14-16-23(17-15-21)31(3)4;2-1(3,4)5/h5-19H,20H2,1-4H3;(H,2,3,4,5)/q+1;/p-1. The SMILES string of the molecule is CN(C)c1ccc(/C=C2/c3c(cc4ccccc4[n+]3-c3ccccc3)C(=O)CC2(C)C)cc1.[O-][Cl+3]([O-])([O-])[O-]. The molecule has 0 spiro atoms. The zero-order chi connectivity index (χ0) is 27.7. The highest BCUT2D eigenvalue weighted by Crippen LogP contribution is 2.45. The number of hydrogen-bond donors (Lipinski definition) is 0. The largest absolute Gasteiger partial charge is 0.378 e. The summed E-state index contributed by atoms with van der Waals surface area (Å²) in [6, 6.07) is 29.3. The monoisotopic (exact) mass is 532 g/mol. The van der Waals surface area contributed by atoms with Crippen molar-refractivity contribution < 1.29 is 38.2 Å². The van der Waals surface area contributed by atoms with E-state index in [0.29, 0.717) is 6.42 Å². The smallest absolute Gasteiger partial charge is 0.226 e. The molecule has 0 saturated heterocycles. The summed E-state index contributed by atoms with van der Waals surface area (Å²) in [5, 5.41) is 1.07. The first-order chi connectivity index (χ1) is 17.8. The highest BCUT2D eigenvalue weighted by atomic mass is 35.7. The number of benzene rings is 3. The lowest BCUT2D eigenvalue weighted by atomic mass is 9.70. The van der Waals surface area contributed by atoms with Crippen LogP contribution < -0.4 is 28.1 Å². The number of anilines is 1. The lowest BCUT2D eigenvalue weighted by Gasteiger charge is -2.32. The number of ketones is 1. The fraction of sp³-hybridized carbons (Fsp3) is 0.200. The van der Waals surface area contributed by atoms with Crippen LogP contribution in [-0.2, 0) is 0 Å². The van der Waals surface area contributed by atoms with Crippen molar-refractivity contribution in [3.63, 3.8) is 0 Å². The van der Waals surface area contributed by atoms with Crippen LogP contribution in [0, 0.1) is 15.7 Å². The molecule has 4 aromatic rings. The van der Waals surface area contributed by atoms with E-state index in [0.717, 1.165) is 33.4 Å². The number of hydrogen-bond acceptors (Lipinski definition) is 6. The van der Waals surface area contributed by atoms with E-state index in [2.05, 4.69) is 102 Å². The number of pyridine rings is 1. The van der Waals surface area contributed by atoms with E-state index in [1.807, 2.05) is 26.2 Å². The Kier molecular flexibility index (Phi) is 7.69. The Labute approximate surface area is 224 Å². The van der Waals surface area contributed by atoms with Crippen LogP contribution >= 0.6 is 0 Å². The van der Waals surface area contributed by atoms with Gasteiger partial charge in [-0.15, -0.1) is 10.2 Å². The average molecular weight is 533 g/mol. The molecule has 1 heterocycles. The molecule has 0 atom stereocenters. The van der Waals surface area contributed by atoms with Gasteiger partial charge in [-0.25, -0.2) is 18.6 Å². The molecule has 7 nitrogen and oxygen atoms in total. The molecule has 1 aliphatic carbocycles. The maximum absolute atomic E-state index is 13.4. The molecular formula is C30H29ClN2O5. The molecule has 1 aliphatic rings. The molecule has 0 unspecified atom stereocenters. The van der Waals surface area contributed by atoms with Gasteiger partial charge in [-0.1, -0.05) is 56.3 Å². The third-order valence-electron chi connectivity index (χ3n) is 6.58. The summed E-state index contributed by atoms with van der Waals surface area (Å²) in [6.45, 7) is 4.36. The third kappa shape index (κ3) is 6.10. The molecule has 38 heavy (non-hydrogen) atoms. The van der Waals surface area contributed by atoms with Crippen molar-refractivity contribution in [1.82, 2.24) is 0 Å². The molecule has 5 rings (SSSR count). The van der Waals surface area contributed by atoms with E-state index < -0.39 is 10.2 Å². The number of Topliss-reactive ketones (excluding diaryl/α,β-unsaturated/α-hetero) is 1. The van der Waals surface area contributed by atoms with Crippen LogP contribution in [0.5, 0.6) is 0 Å². The fourth-order valence-corrected chi connectivity index (χ4v) is 4.81. The molecule has 0 radical (unpaired) electrons. The summed E-state index contributed by atoms with van der Waals surface area (Å²) in [7, 11) is -0.846. The van der Waals surface area contributed by atoms with Gasteiger partial charge in [0.25, 0.3) is 0 Å². The molecule has 0 saturated carbocycles. The van der Waals surface area contributed by atoms with Crippen molar-refractivity contribution in [3.8, 4) is 5.69 Å². The Morgan fingerprint density at radius 3 is 2.05 bits per heavy atom. The number of halogens is 1. The second-order valence-corrected chi connectivity index (χ2v) is 10.8. The average Bonchev–Trinajstić information content (AvgIpc) is 2.85. The van der Waals surface area contributed by atoms with Gasteiger partial charge in [0.05, 0.1) is 5.56 Å². The lowest BCUT2D eigenvalue weighted by Crippen LogP contribution is -2.68. The maximum atomic E-state index is 13.4. The van der Waals surface area contributed by atoms with Gasteiger partial charge in [0.1, 0.15) is 0 Å². The maximum Gasteiger partial charge on any atom is 0.226 e. The molecule has 0 aliphatic heterocycles. The molecule has 0 fully saturated rings. The Morgan fingerprint density at radius 1 is 0.868 bits per heavy atom. The number of fused-ring (bicyclic) bond motifs is 2. The van der Waals surface area contributed by atoms with Crippen molar-refractivity contribution in [2.45, 2.75) is 20.3 Å². The molecular weight excluding hydrogens is 504 g/mol. The number of nitrogens with zero attached hydrogens (tertiary/aromatic N) is 2. The summed E-state index contributed by atoms with van der Waals surface area (Å²) < 4.78 is 36.2. The minimum absolute atomic E-state index is 0.200. The second-order valence-electron chi connectivity index (χ2n) is 10.0. The number of carbonyl (C=O) groups excluding carboxylic acids is 1. The zero-order valence-corrected chi connectivity index (χ0v) is 22.4. The van der Waals surface area contributed by atoms with Gasteiger partial charge >= 0.3 is 0 Å². The van der Waals surface area contributed by atoms with E-state index >= 15 is 0 Å². The number of carbonyl (C=O) groups is 1. The first-order valence-corrected chi connectivity index (χ1v) is 13.3. The first-order valence-electron chi connectivity index (χ1n) is 12.0. The normalized spacial score (nSPS) is 15.6. The van der Waals surface area contributed by atoms with Crippen LogP contribution in [0.4, 0.5) is 5.69 Å². The summed E-state index contributed by atoms with van der Waals surface area (Å²) in [5.74, 6) is 0.200. The van der Waals surface area contributed by atoms with E-state index in [1.165, 1.54) is 11.3 Å². The van der Waals surface area contributed by atoms with Gasteiger partial charge in [0.2, 0.25) is 16.9 Å². The number of para-hydroxylation sites is 2. The Hall–Kier alpha value is -3.59. The third-order valence-corrected chi connectivity index (χ3v) is 6.58. The molecule has 1 aromatic heterocycles. The topological polar surface area (TPSA) is 116 Å². The van der Waals surface area contributed by atoms with Crippen LogP contribution in [0.25, 0.3) is 28.2 Å². The molecule has 196 valence electrons. The van der Waals surface area contributed by atoms with E-state index in [9.17, 15) is 4.79 Å². The summed E-state index contributed by atoms with van der Waals surface area (Å²) in [6.07, 6.45) is 2.76. The van der Waals surface area contributed by atoms with Gasteiger partial charge in [0, 0.05) is 60.8 Å². The van der Waals surface area contributed by atoms with Gasteiger partial charge < -0.3 is 4.90 Å². The predicted octanol–water partition coefficient (Wildman–Crippen LogP) is 1.58. The minimum Gasteiger partial charge on any atom is -0.378 e. The zero-order valence-electron chi connectivity index (χ0n) is 21.7. The lowest BCUT2D eigenvalue weighted by molar-refractivity contribution is -2.00. The molecule has 0 N–H and O–H groups in total. The quantitative estimate of drug-likeness (QED) is 0.370. The van der Waals surface area contributed by atoms with Crippen LogP contribution in [-0.4, -0.2) is 19.9 Å². The summed E-state index contributed by atoms with van der Waals surface area (Å²) in [5.41, 5.74) is 7.16. The highest BCUT2D eigenvalue weighted by Gasteiger charge is 2.42. The summed E-state index contributed by atoms with van der Waals surface area (Å²) >= 11 is 0. The second kappa shape index (κ2) is 10.6. The van der Waals surface area contributed by atoms with Crippen molar-refractivity contribution in [2.75, 3.05) is 19.0 Å². The molecule has 0 amide bonds. The van der Waals surface area contributed by atoms with Crippen LogP contribution in [0.2, 0.25) is 0 Å². The van der Waals surface area contributed by atoms with E-state index in [-0.39, 0.29) is 11.2 Å². The first kappa shape index (κ1) is 27.4. The predicted molar refractivity (Wildman–Crippen MR) is 137 cm³/mol. The van der Waals surface area contributed by atoms with Gasteiger partial charge in [-0.2, -0.15) is 4.57 Å². The molecule has 8 heteroatoms. The Balaban J connectivity index is 0.000000617. The fourth-order valence-electron chi connectivity index (χ4n) is 4.81. The van der Waals surface area contributed by atoms with E-state index in [4.69, 9.17) is 18.6 Å². The van der Waals surface area contributed by atoms with Crippen LogP contribution in [0.1, 0.15) is 41.9 Å². The molecule has 3 aromatic carbocycles. The van der Waals surface area contributed by atoms with Crippen molar-refractivity contribution >= 4 is 34.0 Å². The minimum atomic E-state index is -4.94. The van der Waals surface area contributed by atoms with Crippen LogP contribution in [0.15, 0.2) is 84.9 Å². The number of aromatic nitrogens is 1. The van der Waals surface area contributed by atoms with Crippen LogP contribution in [0.3, 0.4) is 0 Å². The molecule has 0 bridgehead atoms. The Morgan fingerprint density at radius 2 is 1.45 bits per heavy atom. The van der Waals surface area contributed by atoms with Gasteiger partial charge in [0.15, 0.2) is 5.78 Å². The Bertz CT molecular complexity index is 1490. The van der Waals surface area contributed by atoms with Crippen molar-refractivity contribution in [1.29, 1.82) is 0 Å². The van der Waals surface area contributed by atoms with Crippen molar-refractivity contribution in [2.24, 2.45) is 5.41 Å². The van der Waals surface area contributed by atoms with Gasteiger partial charge in [-0.3, -0.25) is 4.79 Å². The number of allylic oxidation sites excluding steroid dienone is 1. The van der Waals surface area contributed by atoms with Crippen molar-refractivity contribution in [3.05, 3.63) is 102 Å². The van der Waals surface area contributed by atoms with Gasteiger partial charge in [-0.05, 0) is 35.9 Å². The van der Waals surface area contributed by atoms with E-state index in [1.54, 1.807) is 0 Å². The highest BCUT2D eigenvalue weighted by molar-refractivity contribution is 6.08.